The number of nitro groups is 1. The van der Waals surface area contributed by atoms with Crippen LogP contribution in [-0.2, 0) is 0 Å². The fourth-order valence-corrected chi connectivity index (χ4v) is 1.14. The standard InChI is InChI=1S/C8H20N6O2/c1-2-11-6-7(9)4-3-5-12-8(10)13-14(15)16/h7,11H,2-6,9H2,1H3,(H3,10,12,13)/t7-/m0/s1. The van der Waals surface area contributed by atoms with Gasteiger partial charge in [0.2, 0.25) is 0 Å². The molecule has 0 aromatic heterocycles. The summed E-state index contributed by atoms with van der Waals surface area (Å²) in [5, 5.41) is 17.8. The Hall–Kier alpha value is -1.41. The lowest BCUT2D eigenvalue weighted by Crippen LogP contribution is -2.36. The molecule has 6 N–H and O–H groups in total. The van der Waals surface area contributed by atoms with Crippen LogP contribution < -0.4 is 22.1 Å². The summed E-state index contributed by atoms with van der Waals surface area (Å²) in [7, 11) is 0. The van der Waals surface area contributed by atoms with Gasteiger partial charge in [-0.2, -0.15) is 0 Å². The molecule has 0 aliphatic rings. The molecule has 0 aromatic carbocycles. The lowest BCUT2D eigenvalue weighted by atomic mass is 10.1. The molecule has 8 nitrogen and oxygen atoms in total. The number of hydrazone groups is 1. The summed E-state index contributed by atoms with van der Waals surface area (Å²) in [4.78, 5) is 9.94. The van der Waals surface area contributed by atoms with Gasteiger partial charge in [0, 0.05) is 19.1 Å². The van der Waals surface area contributed by atoms with Crippen LogP contribution in [-0.4, -0.2) is 36.7 Å². The van der Waals surface area contributed by atoms with Crippen LogP contribution in [0.2, 0.25) is 0 Å². The first kappa shape index (κ1) is 14.6. The molecule has 0 saturated heterocycles. The van der Waals surface area contributed by atoms with Gasteiger partial charge < -0.3 is 22.1 Å². The second kappa shape index (κ2) is 8.86. The summed E-state index contributed by atoms with van der Waals surface area (Å²) in [5.41, 5.74) is 11.0. The highest BCUT2D eigenvalue weighted by atomic mass is 16.7. The van der Waals surface area contributed by atoms with E-state index in [4.69, 9.17) is 11.5 Å². The monoisotopic (exact) mass is 232 g/mol. The van der Waals surface area contributed by atoms with E-state index >= 15 is 0 Å². The fraction of sp³-hybridized carbons (Fsp3) is 0.875. The molecule has 0 bridgehead atoms. The van der Waals surface area contributed by atoms with Crippen LogP contribution in [0.25, 0.3) is 0 Å². The van der Waals surface area contributed by atoms with E-state index in [-0.39, 0.29) is 12.0 Å². The van der Waals surface area contributed by atoms with E-state index in [9.17, 15) is 10.1 Å². The number of nitrogens with one attached hydrogen (secondary N) is 2. The van der Waals surface area contributed by atoms with Crippen molar-refractivity contribution in [3.05, 3.63) is 10.1 Å². The number of nitrogens with zero attached hydrogens (tertiary/aromatic N) is 2. The molecule has 0 aromatic rings. The largest absolute Gasteiger partial charge is 0.365 e. The zero-order valence-electron chi connectivity index (χ0n) is 9.48. The Morgan fingerprint density at radius 1 is 1.62 bits per heavy atom. The van der Waals surface area contributed by atoms with E-state index in [2.05, 4.69) is 15.7 Å². The van der Waals surface area contributed by atoms with Crippen molar-refractivity contribution in [1.29, 1.82) is 0 Å². The fourth-order valence-electron chi connectivity index (χ4n) is 1.14. The highest BCUT2D eigenvalue weighted by Crippen LogP contribution is 1.91. The van der Waals surface area contributed by atoms with Gasteiger partial charge in [-0.25, -0.2) is 10.1 Å². The second-order valence-electron chi connectivity index (χ2n) is 3.36. The molecule has 1 atom stereocenters. The van der Waals surface area contributed by atoms with E-state index in [1.165, 1.54) is 0 Å². The summed E-state index contributed by atoms with van der Waals surface area (Å²) >= 11 is 0. The second-order valence-corrected chi connectivity index (χ2v) is 3.36. The van der Waals surface area contributed by atoms with Crippen molar-refractivity contribution in [2.75, 3.05) is 19.6 Å². The Morgan fingerprint density at radius 2 is 2.31 bits per heavy atom. The first-order valence-electron chi connectivity index (χ1n) is 5.25. The van der Waals surface area contributed by atoms with E-state index in [0.29, 0.717) is 6.54 Å². The minimum absolute atomic E-state index is 0.0930. The highest BCUT2D eigenvalue weighted by molar-refractivity contribution is 5.76. The molecule has 0 rings (SSSR count). The number of hydrogen-bond donors (Lipinski definition) is 4. The quantitative estimate of drug-likeness (QED) is 0.137. The van der Waals surface area contributed by atoms with E-state index < -0.39 is 5.03 Å². The summed E-state index contributed by atoms with van der Waals surface area (Å²) in [6.07, 6.45) is 1.62. The zero-order chi connectivity index (χ0) is 12.4. The van der Waals surface area contributed by atoms with Crippen molar-refractivity contribution in [2.45, 2.75) is 25.8 Å². The average molecular weight is 232 g/mol. The minimum Gasteiger partial charge on any atom is -0.365 e. The predicted octanol–water partition coefficient (Wildman–Crippen LogP) is -1.20. The van der Waals surface area contributed by atoms with Gasteiger partial charge in [0.25, 0.3) is 5.96 Å². The molecule has 8 heteroatoms. The summed E-state index contributed by atoms with van der Waals surface area (Å²) in [6.45, 7) is 4.22. The van der Waals surface area contributed by atoms with Gasteiger partial charge >= 0.3 is 0 Å². The summed E-state index contributed by atoms with van der Waals surface area (Å²) in [5.74, 6) is -0.176. The average Bonchev–Trinajstić information content (AvgIpc) is 2.20. The van der Waals surface area contributed by atoms with Gasteiger partial charge in [-0.3, -0.25) is 0 Å². The van der Waals surface area contributed by atoms with Crippen LogP contribution in [0.4, 0.5) is 0 Å². The maximum atomic E-state index is 9.94. The van der Waals surface area contributed by atoms with E-state index in [1.54, 1.807) is 0 Å². The molecule has 0 aliphatic carbocycles. The molecule has 0 unspecified atom stereocenters. The van der Waals surface area contributed by atoms with Crippen molar-refractivity contribution in [2.24, 2.45) is 16.6 Å². The van der Waals surface area contributed by atoms with E-state index in [1.807, 2.05) is 6.92 Å². The third-order valence-corrected chi connectivity index (χ3v) is 1.90. The van der Waals surface area contributed by atoms with Crippen molar-refractivity contribution in [3.8, 4) is 0 Å². The smallest absolute Gasteiger partial charge is 0.266 e. The molecule has 0 spiro atoms. The SMILES string of the molecule is CCNC[C@@H](N)CCCN/C(N)=N/[N+](=O)[O-]. The van der Waals surface area contributed by atoms with Gasteiger partial charge in [-0.1, -0.05) is 6.92 Å². The van der Waals surface area contributed by atoms with Crippen LogP contribution in [0.3, 0.4) is 0 Å². The van der Waals surface area contributed by atoms with Crippen molar-refractivity contribution < 1.29 is 5.03 Å². The predicted molar refractivity (Wildman–Crippen MR) is 62.4 cm³/mol. The Kier molecular flexibility index (Phi) is 8.08. The van der Waals surface area contributed by atoms with Gasteiger partial charge in [-0.05, 0) is 19.4 Å². The number of nitrogens with two attached hydrogens (primary N) is 2. The highest BCUT2D eigenvalue weighted by Gasteiger charge is 2.02. The normalized spacial score (nSPS) is 13.5. The molecule has 0 saturated carbocycles. The van der Waals surface area contributed by atoms with Crippen LogP contribution in [0.1, 0.15) is 19.8 Å². The van der Waals surface area contributed by atoms with E-state index in [0.717, 1.165) is 25.9 Å². The molecule has 0 fully saturated rings. The Balaban J connectivity index is 3.49. The van der Waals surface area contributed by atoms with Crippen LogP contribution in [0.15, 0.2) is 5.10 Å². The van der Waals surface area contributed by atoms with Crippen molar-refractivity contribution in [1.82, 2.24) is 10.6 Å². The Labute approximate surface area is 94.6 Å². The minimum atomic E-state index is -0.834. The topological polar surface area (TPSA) is 132 Å². The molecular formula is C8H20N6O2. The molecule has 16 heavy (non-hydrogen) atoms. The Morgan fingerprint density at radius 3 is 2.88 bits per heavy atom. The zero-order valence-corrected chi connectivity index (χ0v) is 9.48. The maximum absolute atomic E-state index is 9.94. The lowest BCUT2D eigenvalue weighted by molar-refractivity contribution is -0.485. The van der Waals surface area contributed by atoms with Gasteiger partial charge in [-0.15, -0.1) is 0 Å². The molecule has 94 valence electrons. The lowest BCUT2D eigenvalue weighted by Gasteiger charge is -2.11. The van der Waals surface area contributed by atoms with Crippen molar-refractivity contribution >= 4 is 5.96 Å². The first-order chi connectivity index (χ1) is 7.56. The van der Waals surface area contributed by atoms with Crippen molar-refractivity contribution in [3.63, 3.8) is 0 Å². The van der Waals surface area contributed by atoms with Crippen LogP contribution >= 0.6 is 0 Å². The van der Waals surface area contributed by atoms with Gasteiger partial charge in [0.1, 0.15) is 5.10 Å². The van der Waals surface area contributed by atoms with Crippen LogP contribution in [0.5, 0.6) is 0 Å². The maximum Gasteiger partial charge on any atom is 0.266 e. The molecule has 0 amide bonds. The molecule has 0 aliphatic heterocycles. The van der Waals surface area contributed by atoms with Gasteiger partial charge in [0.05, 0.1) is 0 Å². The summed E-state index contributed by atoms with van der Waals surface area (Å²) in [6, 6.07) is 0.0930. The number of likely N-dealkylation sites (N-methyl/N-ethyl adjacent to an activating group) is 1. The number of guanidine groups is 1. The Bertz CT molecular complexity index is 233. The molecular weight excluding hydrogens is 212 g/mol. The number of rotatable bonds is 8. The molecule has 0 radical (unpaired) electrons. The number of hydrogen-bond acceptors (Lipinski definition) is 4. The first-order valence-corrected chi connectivity index (χ1v) is 5.25. The molecule has 0 heterocycles. The van der Waals surface area contributed by atoms with Gasteiger partial charge in [0.15, 0.2) is 5.03 Å². The third-order valence-electron chi connectivity index (χ3n) is 1.90. The van der Waals surface area contributed by atoms with Crippen LogP contribution in [0, 0.1) is 10.1 Å². The third kappa shape index (κ3) is 9.16. The summed E-state index contributed by atoms with van der Waals surface area (Å²) < 4.78 is 0.